The molecular weight excluding hydrogens is 418 g/mol. The van der Waals surface area contributed by atoms with E-state index in [1.807, 2.05) is 47.4 Å². The summed E-state index contributed by atoms with van der Waals surface area (Å²) in [5.74, 6) is 0.475. The van der Waals surface area contributed by atoms with Gasteiger partial charge in [-0.25, -0.2) is 4.98 Å². The van der Waals surface area contributed by atoms with Gasteiger partial charge in [0.2, 0.25) is 11.1 Å². The maximum atomic E-state index is 12.4. The van der Waals surface area contributed by atoms with Gasteiger partial charge >= 0.3 is 0 Å². The molecule has 4 aromatic rings. The molecule has 2 aromatic heterocycles. The Morgan fingerprint density at radius 2 is 1.90 bits per heavy atom. The van der Waals surface area contributed by atoms with Crippen LogP contribution in [0.25, 0.3) is 22.1 Å². The average Bonchev–Trinajstić information content (AvgIpc) is 3.40. The number of carbonyl (C=O) groups excluding carboxylic acids is 1. The minimum Gasteiger partial charge on any atom is -0.342 e. The standard InChI is InChI=1S/C22H20ClN5OS/c23-16-7-5-6-15(12-16)13-28-18-9-2-1-8-17(18)20-21(28)24-22(26-25-20)30-14-19(29)27-10-3-4-11-27/h1-2,5-9,12H,3-4,10-11,13-14H2. The third kappa shape index (κ3) is 3.75. The predicted octanol–water partition coefficient (Wildman–Crippen LogP) is 4.40. The molecule has 0 unspecified atom stereocenters. The molecule has 1 amide bonds. The predicted molar refractivity (Wildman–Crippen MR) is 120 cm³/mol. The number of para-hydroxylation sites is 1. The number of rotatable bonds is 5. The first-order valence-electron chi connectivity index (χ1n) is 9.96. The Labute approximate surface area is 183 Å². The molecule has 0 N–H and O–H groups in total. The maximum absolute atomic E-state index is 12.4. The normalized spacial score (nSPS) is 14.1. The molecule has 0 bridgehead atoms. The summed E-state index contributed by atoms with van der Waals surface area (Å²) in [5, 5.41) is 11.0. The molecule has 3 heterocycles. The van der Waals surface area contributed by atoms with E-state index in [-0.39, 0.29) is 5.91 Å². The van der Waals surface area contributed by atoms with E-state index in [1.165, 1.54) is 11.8 Å². The summed E-state index contributed by atoms with van der Waals surface area (Å²) in [6.45, 7) is 2.33. The lowest BCUT2D eigenvalue weighted by Gasteiger charge is -2.14. The Kier molecular flexibility index (Phi) is 5.31. The highest BCUT2D eigenvalue weighted by Gasteiger charge is 2.19. The number of hydrogen-bond donors (Lipinski definition) is 0. The summed E-state index contributed by atoms with van der Waals surface area (Å²) < 4.78 is 2.14. The number of carbonyl (C=O) groups is 1. The number of likely N-dealkylation sites (tertiary alicyclic amines) is 1. The Balaban J connectivity index is 1.50. The number of aromatic nitrogens is 4. The van der Waals surface area contributed by atoms with Crippen molar-refractivity contribution in [3.05, 3.63) is 59.1 Å². The molecule has 5 rings (SSSR count). The summed E-state index contributed by atoms with van der Waals surface area (Å²) in [6, 6.07) is 15.9. The molecule has 0 aliphatic carbocycles. The fraction of sp³-hybridized carbons (Fsp3) is 0.273. The highest BCUT2D eigenvalue weighted by Crippen LogP contribution is 2.28. The van der Waals surface area contributed by atoms with E-state index < -0.39 is 0 Å². The van der Waals surface area contributed by atoms with E-state index >= 15 is 0 Å². The summed E-state index contributed by atoms with van der Waals surface area (Å²) in [6.07, 6.45) is 2.17. The first-order valence-corrected chi connectivity index (χ1v) is 11.3. The first-order chi connectivity index (χ1) is 14.7. The van der Waals surface area contributed by atoms with E-state index in [0.29, 0.717) is 22.5 Å². The molecule has 0 radical (unpaired) electrons. The minimum atomic E-state index is 0.140. The molecule has 1 saturated heterocycles. The summed E-state index contributed by atoms with van der Waals surface area (Å²) in [5.41, 5.74) is 3.66. The SMILES string of the molecule is O=C(CSc1nnc2c3ccccc3n(Cc3cccc(Cl)c3)c2n1)N1CCCC1. The topological polar surface area (TPSA) is 63.9 Å². The van der Waals surface area contributed by atoms with Gasteiger partial charge in [0.05, 0.1) is 11.3 Å². The van der Waals surface area contributed by atoms with Crippen molar-refractivity contribution < 1.29 is 4.79 Å². The second kappa shape index (κ2) is 8.24. The number of hydrogen-bond acceptors (Lipinski definition) is 5. The Bertz CT molecular complexity index is 1230. The molecule has 0 saturated carbocycles. The van der Waals surface area contributed by atoms with Crippen molar-refractivity contribution in [3.8, 4) is 0 Å². The lowest BCUT2D eigenvalue weighted by Crippen LogP contribution is -2.29. The fourth-order valence-corrected chi connectivity index (χ4v) is 4.81. The van der Waals surface area contributed by atoms with Crippen molar-refractivity contribution in [1.29, 1.82) is 0 Å². The van der Waals surface area contributed by atoms with E-state index in [9.17, 15) is 4.79 Å². The number of halogens is 1. The number of fused-ring (bicyclic) bond motifs is 3. The molecule has 2 aromatic carbocycles. The van der Waals surface area contributed by atoms with Crippen LogP contribution in [0.5, 0.6) is 0 Å². The van der Waals surface area contributed by atoms with Gasteiger partial charge in [-0.1, -0.05) is 53.7 Å². The largest absolute Gasteiger partial charge is 0.342 e. The van der Waals surface area contributed by atoms with Crippen molar-refractivity contribution >= 4 is 51.3 Å². The third-order valence-corrected chi connectivity index (χ3v) is 6.43. The zero-order valence-corrected chi connectivity index (χ0v) is 17.9. The highest BCUT2D eigenvalue weighted by atomic mass is 35.5. The number of amides is 1. The molecule has 1 aliphatic rings. The summed E-state index contributed by atoms with van der Waals surface area (Å²) >= 11 is 7.53. The highest BCUT2D eigenvalue weighted by molar-refractivity contribution is 7.99. The molecule has 1 aliphatic heterocycles. The second-order valence-corrected chi connectivity index (χ2v) is 8.76. The minimum absolute atomic E-state index is 0.140. The van der Waals surface area contributed by atoms with Crippen molar-refractivity contribution in [2.24, 2.45) is 0 Å². The van der Waals surface area contributed by atoms with Crippen LogP contribution in [0.1, 0.15) is 18.4 Å². The maximum Gasteiger partial charge on any atom is 0.233 e. The summed E-state index contributed by atoms with van der Waals surface area (Å²) in [4.78, 5) is 19.1. The van der Waals surface area contributed by atoms with Crippen molar-refractivity contribution in [3.63, 3.8) is 0 Å². The van der Waals surface area contributed by atoms with Crippen molar-refractivity contribution in [2.45, 2.75) is 24.5 Å². The van der Waals surface area contributed by atoms with E-state index in [4.69, 9.17) is 16.6 Å². The Morgan fingerprint density at radius 1 is 1.07 bits per heavy atom. The Morgan fingerprint density at radius 3 is 2.73 bits per heavy atom. The molecule has 8 heteroatoms. The quantitative estimate of drug-likeness (QED) is 0.433. The van der Waals surface area contributed by atoms with Crippen LogP contribution in [0.3, 0.4) is 0 Å². The van der Waals surface area contributed by atoms with Gasteiger partial charge in [-0.3, -0.25) is 4.79 Å². The molecule has 6 nitrogen and oxygen atoms in total. The van der Waals surface area contributed by atoms with Crippen LogP contribution in [0, 0.1) is 0 Å². The smallest absolute Gasteiger partial charge is 0.233 e. The fourth-order valence-electron chi connectivity index (χ4n) is 3.91. The number of nitrogens with zero attached hydrogens (tertiary/aromatic N) is 5. The lowest BCUT2D eigenvalue weighted by molar-refractivity contribution is -0.127. The molecule has 152 valence electrons. The van der Waals surface area contributed by atoms with Crippen LogP contribution in [-0.2, 0) is 11.3 Å². The molecule has 0 atom stereocenters. The van der Waals surface area contributed by atoms with Crippen LogP contribution in [0.15, 0.2) is 53.7 Å². The Hall–Kier alpha value is -2.64. The van der Waals surface area contributed by atoms with Gasteiger partial charge in [-0.2, -0.15) is 0 Å². The van der Waals surface area contributed by atoms with Crippen LogP contribution < -0.4 is 0 Å². The zero-order chi connectivity index (χ0) is 20.5. The van der Waals surface area contributed by atoms with Crippen LogP contribution in [0.4, 0.5) is 0 Å². The van der Waals surface area contributed by atoms with Gasteiger partial charge in [0.1, 0.15) is 5.52 Å². The van der Waals surface area contributed by atoms with Crippen LogP contribution in [-0.4, -0.2) is 49.4 Å². The van der Waals surface area contributed by atoms with Gasteiger partial charge in [-0.05, 0) is 36.6 Å². The van der Waals surface area contributed by atoms with Crippen LogP contribution >= 0.6 is 23.4 Å². The average molecular weight is 438 g/mol. The van der Waals surface area contributed by atoms with E-state index in [2.05, 4.69) is 20.8 Å². The number of thioether (sulfide) groups is 1. The number of benzene rings is 2. The molecule has 30 heavy (non-hydrogen) atoms. The van der Waals surface area contributed by atoms with Crippen molar-refractivity contribution in [1.82, 2.24) is 24.6 Å². The lowest BCUT2D eigenvalue weighted by atomic mass is 10.2. The van der Waals surface area contributed by atoms with E-state index in [0.717, 1.165) is 53.6 Å². The van der Waals surface area contributed by atoms with Crippen LogP contribution in [0.2, 0.25) is 5.02 Å². The van der Waals surface area contributed by atoms with Crippen molar-refractivity contribution in [2.75, 3.05) is 18.8 Å². The monoisotopic (exact) mass is 437 g/mol. The zero-order valence-electron chi connectivity index (χ0n) is 16.3. The van der Waals surface area contributed by atoms with Gasteiger partial charge < -0.3 is 9.47 Å². The third-order valence-electron chi connectivity index (χ3n) is 5.37. The van der Waals surface area contributed by atoms with E-state index in [1.54, 1.807) is 0 Å². The van der Waals surface area contributed by atoms with Gasteiger partial charge in [0.25, 0.3) is 0 Å². The molecule has 0 spiro atoms. The molecular formula is C22H20ClN5OS. The summed E-state index contributed by atoms with van der Waals surface area (Å²) in [7, 11) is 0. The van der Waals surface area contributed by atoms with Gasteiger partial charge in [-0.15, -0.1) is 10.2 Å². The first kappa shape index (κ1) is 19.3. The van der Waals surface area contributed by atoms with Gasteiger partial charge in [0, 0.05) is 30.0 Å². The molecule has 1 fully saturated rings. The van der Waals surface area contributed by atoms with Gasteiger partial charge in [0.15, 0.2) is 5.65 Å². The second-order valence-electron chi connectivity index (χ2n) is 7.38.